The third-order valence-corrected chi connectivity index (χ3v) is 6.49. The Morgan fingerprint density at radius 2 is 1.76 bits per heavy atom. The van der Waals surface area contributed by atoms with Crippen LogP contribution in [0.25, 0.3) is 11.3 Å². The molecule has 8 nitrogen and oxygen atoms in total. The van der Waals surface area contributed by atoms with Gasteiger partial charge in [-0.05, 0) is 24.3 Å². The van der Waals surface area contributed by atoms with Crippen LogP contribution in [-0.2, 0) is 20.9 Å². The molecule has 1 saturated heterocycles. The van der Waals surface area contributed by atoms with Crippen LogP contribution in [-0.4, -0.2) is 58.1 Å². The van der Waals surface area contributed by atoms with Gasteiger partial charge < -0.3 is 24.5 Å². The maximum Gasteiger partial charge on any atom is 0.397 e. The molecule has 2 N–H and O–H groups in total. The first-order chi connectivity index (χ1) is 17.6. The number of hydrogen-bond acceptors (Lipinski definition) is 6. The molecule has 2 aromatic carbocycles. The maximum atomic E-state index is 13.4. The number of esters is 1. The van der Waals surface area contributed by atoms with Crippen LogP contribution < -0.4 is 5.23 Å². The molecule has 3 aromatic rings. The fraction of sp³-hybridized carbons (Fsp3) is 0.393. The number of carbonyl (C=O) groups is 2. The van der Waals surface area contributed by atoms with E-state index in [1.807, 2.05) is 75.5 Å². The number of carbonyl (C=O) groups excluding carboxylic acids is 2. The maximum absolute atomic E-state index is 13.4. The molecule has 0 bridgehead atoms. The summed E-state index contributed by atoms with van der Waals surface area (Å²) in [5.74, 6) is -1.00. The summed E-state index contributed by atoms with van der Waals surface area (Å²) < 4.78 is 7.39. The summed E-state index contributed by atoms with van der Waals surface area (Å²) in [5, 5.41) is 12.7. The van der Waals surface area contributed by atoms with Crippen molar-refractivity contribution in [2.45, 2.75) is 40.2 Å². The van der Waals surface area contributed by atoms with Gasteiger partial charge in [-0.1, -0.05) is 81.4 Å². The standard InChI is InChI=1S/C28H35BN4O4/c1-28(2,3)24(33-17-21(15-30-29(4)36)19-37-27(35)26(33)34)25-31-23(22-13-9-6-10-14-22)18-32(25)16-20-11-7-5-8-12-20/h5-14,18,21,24,30,36H,15-17,19H2,1-4H3/t21?,24-/m0/s1. The van der Waals surface area contributed by atoms with E-state index in [0.717, 1.165) is 16.8 Å². The first-order valence-corrected chi connectivity index (χ1v) is 12.7. The van der Waals surface area contributed by atoms with Gasteiger partial charge in [-0.3, -0.25) is 4.79 Å². The van der Waals surface area contributed by atoms with Crippen molar-refractivity contribution in [2.24, 2.45) is 11.3 Å². The number of nitrogens with zero attached hydrogens (tertiary/aromatic N) is 3. The van der Waals surface area contributed by atoms with Crippen LogP contribution in [0.4, 0.5) is 0 Å². The highest BCUT2D eigenvalue weighted by Crippen LogP contribution is 2.40. The summed E-state index contributed by atoms with van der Waals surface area (Å²) >= 11 is 0. The topological polar surface area (TPSA) is 96.7 Å². The highest BCUT2D eigenvalue weighted by Gasteiger charge is 2.43. The third kappa shape index (κ3) is 6.48. The Kier molecular flexibility index (Phi) is 8.14. The minimum absolute atomic E-state index is 0.103. The molecule has 0 aliphatic carbocycles. The molecule has 1 amide bonds. The van der Waals surface area contributed by atoms with Crippen molar-refractivity contribution >= 4 is 18.9 Å². The van der Waals surface area contributed by atoms with Gasteiger partial charge in [0.2, 0.25) is 0 Å². The molecule has 0 saturated carbocycles. The molecule has 1 aliphatic rings. The van der Waals surface area contributed by atoms with E-state index in [4.69, 9.17) is 9.72 Å². The monoisotopic (exact) mass is 502 g/mol. The lowest BCUT2D eigenvalue weighted by molar-refractivity contribution is -0.160. The summed E-state index contributed by atoms with van der Waals surface area (Å²) in [6.07, 6.45) is 2.02. The van der Waals surface area contributed by atoms with E-state index in [9.17, 15) is 14.6 Å². The van der Waals surface area contributed by atoms with Crippen LogP contribution >= 0.6 is 0 Å². The summed E-state index contributed by atoms with van der Waals surface area (Å²) in [6.45, 7) is 9.16. The van der Waals surface area contributed by atoms with E-state index in [0.29, 0.717) is 25.5 Å². The number of aromatic nitrogens is 2. The van der Waals surface area contributed by atoms with Gasteiger partial charge in [-0.2, -0.15) is 0 Å². The van der Waals surface area contributed by atoms with Gasteiger partial charge in [0.25, 0.3) is 0 Å². The number of cyclic esters (lactones) is 1. The molecular formula is C28H35BN4O4. The number of ether oxygens (including phenoxy) is 1. The predicted molar refractivity (Wildman–Crippen MR) is 143 cm³/mol. The van der Waals surface area contributed by atoms with Gasteiger partial charge in [0.15, 0.2) is 0 Å². The Bertz CT molecular complexity index is 1210. The first-order valence-electron chi connectivity index (χ1n) is 12.7. The van der Waals surface area contributed by atoms with Crippen molar-refractivity contribution in [3.63, 3.8) is 0 Å². The Balaban J connectivity index is 1.80. The Morgan fingerprint density at radius 3 is 2.38 bits per heavy atom. The lowest BCUT2D eigenvalue weighted by Gasteiger charge is -2.39. The highest BCUT2D eigenvalue weighted by atomic mass is 16.5. The molecule has 1 fully saturated rings. The lowest BCUT2D eigenvalue weighted by atomic mass is 9.84. The van der Waals surface area contributed by atoms with Crippen molar-refractivity contribution < 1.29 is 19.3 Å². The average molecular weight is 502 g/mol. The van der Waals surface area contributed by atoms with Crippen molar-refractivity contribution in [1.82, 2.24) is 19.7 Å². The van der Waals surface area contributed by atoms with Gasteiger partial charge >= 0.3 is 18.9 Å². The molecule has 194 valence electrons. The second-order valence-electron chi connectivity index (χ2n) is 10.7. The van der Waals surface area contributed by atoms with E-state index < -0.39 is 30.4 Å². The number of amides is 1. The molecule has 1 aromatic heterocycles. The molecule has 0 spiro atoms. The number of rotatable bonds is 8. The van der Waals surface area contributed by atoms with Crippen LogP contribution in [0.1, 0.15) is 38.2 Å². The van der Waals surface area contributed by atoms with Crippen LogP contribution in [0.15, 0.2) is 66.9 Å². The minimum Gasteiger partial charge on any atom is -0.458 e. The quantitative estimate of drug-likeness (QED) is 0.279. The first kappa shape index (κ1) is 26.6. The number of hydrogen-bond donors (Lipinski definition) is 2. The molecule has 0 radical (unpaired) electrons. The van der Waals surface area contributed by atoms with E-state index in [1.54, 1.807) is 11.7 Å². The van der Waals surface area contributed by atoms with Gasteiger partial charge in [0.05, 0.1) is 18.3 Å². The molecule has 1 aliphatic heterocycles. The van der Waals surface area contributed by atoms with Crippen molar-refractivity contribution in [2.75, 3.05) is 19.7 Å². The predicted octanol–water partition coefficient (Wildman–Crippen LogP) is 3.39. The largest absolute Gasteiger partial charge is 0.458 e. The van der Waals surface area contributed by atoms with Crippen molar-refractivity contribution in [3.8, 4) is 11.3 Å². The fourth-order valence-corrected chi connectivity index (χ4v) is 4.77. The second kappa shape index (κ2) is 11.3. The van der Waals surface area contributed by atoms with Crippen molar-refractivity contribution in [3.05, 3.63) is 78.2 Å². The summed E-state index contributed by atoms with van der Waals surface area (Å²) in [4.78, 5) is 32.7. The van der Waals surface area contributed by atoms with E-state index in [-0.39, 0.29) is 12.5 Å². The smallest absolute Gasteiger partial charge is 0.397 e. The zero-order valence-electron chi connectivity index (χ0n) is 21.9. The number of imidazole rings is 1. The van der Waals surface area contributed by atoms with Crippen LogP contribution in [0.5, 0.6) is 0 Å². The lowest BCUT2D eigenvalue weighted by Crippen LogP contribution is -2.47. The normalized spacial score (nSPS) is 17.3. The van der Waals surface area contributed by atoms with Crippen LogP contribution in [0, 0.1) is 11.3 Å². The van der Waals surface area contributed by atoms with Gasteiger partial charge in [-0.15, -0.1) is 0 Å². The van der Waals surface area contributed by atoms with Gasteiger partial charge in [-0.25, -0.2) is 9.78 Å². The molecule has 37 heavy (non-hydrogen) atoms. The zero-order chi connectivity index (χ0) is 26.6. The SMILES string of the molecule is CB(O)NCC1COC(=O)C(=O)N([C@@H](c2nc(-c3ccccc3)cn2Cc2ccccc2)C(C)(C)C)C1. The number of nitrogens with one attached hydrogen (secondary N) is 1. The average Bonchev–Trinajstić information content (AvgIpc) is 3.21. The zero-order valence-corrected chi connectivity index (χ0v) is 21.9. The van der Waals surface area contributed by atoms with Gasteiger partial charge in [0.1, 0.15) is 5.82 Å². The van der Waals surface area contributed by atoms with Crippen molar-refractivity contribution in [1.29, 1.82) is 0 Å². The van der Waals surface area contributed by atoms with Crippen LogP contribution in [0.2, 0.25) is 6.82 Å². The Hall–Kier alpha value is -3.43. The molecular weight excluding hydrogens is 467 g/mol. The van der Waals surface area contributed by atoms with Crippen LogP contribution in [0.3, 0.4) is 0 Å². The highest BCUT2D eigenvalue weighted by molar-refractivity contribution is 6.45. The summed E-state index contributed by atoms with van der Waals surface area (Å²) in [5.41, 5.74) is 2.44. The fourth-order valence-electron chi connectivity index (χ4n) is 4.77. The van der Waals surface area contributed by atoms with E-state index in [2.05, 4.69) is 21.9 Å². The molecule has 4 rings (SSSR count). The summed E-state index contributed by atoms with van der Waals surface area (Å²) in [6, 6.07) is 19.5. The number of benzene rings is 2. The molecule has 2 heterocycles. The molecule has 2 atom stereocenters. The third-order valence-electron chi connectivity index (χ3n) is 6.49. The summed E-state index contributed by atoms with van der Waals surface area (Å²) in [7, 11) is -0.709. The van der Waals surface area contributed by atoms with Gasteiger partial charge in [0, 0.05) is 30.8 Å². The van der Waals surface area contributed by atoms with E-state index >= 15 is 0 Å². The molecule has 1 unspecified atom stereocenters. The Morgan fingerprint density at radius 1 is 1.11 bits per heavy atom. The van der Waals surface area contributed by atoms with E-state index in [1.165, 1.54) is 0 Å². The minimum atomic E-state index is -0.863. The second-order valence-corrected chi connectivity index (χ2v) is 10.7. The Labute approximate surface area is 218 Å². The molecule has 9 heteroatoms.